The van der Waals surface area contributed by atoms with Gasteiger partial charge < -0.3 is 0 Å². The molecule has 0 radical (unpaired) electrons. The van der Waals surface area contributed by atoms with Crippen molar-refractivity contribution in [2.75, 3.05) is 26.2 Å². The smallest absolute Gasteiger partial charge is 0.127 e. The first-order valence-corrected chi connectivity index (χ1v) is 9.85. The number of aromatic nitrogens is 2. The molecule has 0 amide bonds. The van der Waals surface area contributed by atoms with Crippen molar-refractivity contribution in [2.24, 2.45) is 5.41 Å². The van der Waals surface area contributed by atoms with Gasteiger partial charge in [0, 0.05) is 50.0 Å². The van der Waals surface area contributed by atoms with E-state index in [-0.39, 0.29) is 5.82 Å². The molecule has 2 aromatic rings. The molecule has 2 saturated heterocycles. The lowest BCUT2D eigenvalue weighted by atomic mass is 9.79. The Morgan fingerprint density at radius 3 is 2.65 bits per heavy atom. The largest absolute Gasteiger partial charge is 0.298 e. The molecule has 1 unspecified atom stereocenters. The summed E-state index contributed by atoms with van der Waals surface area (Å²) in [4.78, 5) is 5.03. The van der Waals surface area contributed by atoms with Gasteiger partial charge in [0.2, 0.25) is 0 Å². The highest BCUT2D eigenvalue weighted by atomic mass is 19.1. The van der Waals surface area contributed by atoms with Crippen LogP contribution in [0.2, 0.25) is 0 Å². The molecule has 3 heterocycles. The fourth-order valence-electron chi connectivity index (χ4n) is 4.73. The monoisotopic (exact) mass is 356 g/mol. The number of rotatable bonds is 5. The summed E-state index contributed by atoms with van der Waals surface area (Å²) in [6, 6.07) is 7.20. The average Bonchev–Trinajstić information content (AvgIpc) is 3.25. The Kier molecular flexibility index (Phi) is 5.09. The van der Waals surface area contributed by atoms with Crippen LogP contribution >= 0.6 is 0 Å². The van der Waals surface area contributed by atoms with E-state index in [1.165, 1.54) is 24.8 Å². The lowest BCUT2D eigenvalue weighted by Crippen LogP contribution is -2.44. The molecule has 4 nitrogen and oxygen atoms in total. The van der Waals surface area contributed by atoms with Gasteiger partial charge in [-0.15, -0.1) is 0 Å². The van der Waals surface area contributed by atoms with Crippen molar-refractivity contribution in [3.63, 3.8) is 0 Å². The molecular formula is C21H29FN4. The van der Waals surface area contributed by atoms with E-state index in [1.54, 1.807) is 12.1 Å². The van der Waals surface area contributed by atoms with E-state index in [9.17, 15) is 4.39 Å². The fourth-order valence-corrected chi connectivity index (χ4v) is 4.73. The topological polar surface area (TPSA) is 24.3 Å². The van der Waals surface area contributed by atoms with Crippen LogP contribution in [-0.4, -0.2) is 45.8 Å². The molecule has 1 aromatic heterocycles. The first kappa shape index (κ1) is 17.7. The average molecular weight is 356 g/mol. The molecule has 0 bridgehead atoms. The fraction of sp³-hybridized carbons (Fsp3) is 0.571. The van der Waals surface area contributed by atoms with Gasteiger partial charge in [-0.3, -0.25) is 14.5 Å². The third kappa shape index (κ3) is 3.84. The van der Waals surface area contributed by atoms with Crippen LogP contribution in [0.25, 0.3) is 0 Å². The Labute approximate surface area is 155 Å². The third-order valence-corrected chi connectivity index (χ3v) is 6.03. The Morgan fingerprint density at radius 1 is 1.08 bits per heavy atom. The molecule has 2 aliphatic rings. The highest BCUT2D eigenvalue weighted by Crippen LogP contribution is 2.39. The van der Waals surface area contributed by atoms with Gasteiger partial charge in [0.25, 0.3) is 0 Å². The third-order valence-electron chi connectivity index (χ3n) is 6.03. The summed E-state index contributed by atoms with van der Waals surface area (Å²) < 4.78 is 16.0. The predicted octanol–water partition coefficient (Wildman–Crippen LogP) is 3.53. The maximum atomic E-state index is 14.0. The van der Waals surface area contributed by atoms with E-state index in [4.69, 9.17) is 0 Å². The summed E-state index contributed by atoms with van der Waals surface area (Å²) in [7, 11) is 0. The number of hydrogen-bond donors (Lipinski definition) is 0. The first-order valence-electron chi connectivity index (χ1n) is 9.85. The SMILES string of the molecule is CCn1cc(CN2CCC3(CCCN(Cc4ccccc4F)C3)C2)cn1. The van der Waals surface area contributed by atoms with Gasteiger partial charge in [0.15, 0.2) is 0 Å². The first-order chi connectivity index (χ1) is 12.7. The lowest BCUT2D eigenvalue weighted by molar-refractivity contribution is 0.0858. The molecule has 1 spiro atoms. The summed E-state index contributed by atoms with van der Waals surface area (Å²) in [5.74, 6) is -0.0758. The van der Waals surface area contributed by atoms with Crippen molar-refractivity contribution in [1.82, 2.24) is 19.6 Å². The van der Waals surface area contributed by atoms with E-state index < -0.39 is 0 Å². The predicted molar refractivity (Wildman–Crippen MR) is 101 cm³/mol. The van der Waals surface area contributed by atoms with Gasteiger partial charge in [0.1, 0.15) is 5.82 Å². The van der Waals surface area contributed by atoms with E-state index >= 15 is 0 Å². The summed E-state index contributed by atoms with van der Waals surface area (Å²) in [5.41, 5.74) is 2.51. The summed E-state index contributed by atoms with van der Waals surface area (Å²) in [5, 5.41) is 4.39. The molecule has 0 saturated carbocycles. The maximum Gasteiger partial charge on any atom is 0.127 e. The molecule has 2 aliphatic heterocycles. The molecule has 0 aliphatic carbocycles. The van der Waals surface area contributed by atoms with E-state index in [0.29, 0.717) is 5.41 Å². The highest BCUT2D eigenvalue weighted by molar-refractivity contribution is 5.17. The molecule has 1 aromatic carbocycles. The number of benzene rings is 1. The van der Waals surface area contributed by atoms with Crippen LogP contribution < -0.4 is 0 Å². The normalized spacial score (nSPS) is 24.5. The minimum absolute atomic E-state index is 0.0758. The van der Waals surface area contributed by atoms with Gasteiger partial charge in [-0.1, -0.05) is 18.2 Å². The zero-order valence-electron chi connectivity index (χ0n) is 15.7. The summed E-state index contributed by atoms with van der Waals surface area (Å²) >= 11 is 0. The molecule has 0 N–H and O–H groups in total. The number of likely N-dealkylation sites (tertiary alicyclic amines) is 2. The minimum atomic E-state index is -0.0758. The number of nitrogens with zero attached hydrogens (tertiary/aromatic N) is 4. The molecule has 26 heavy (non-hydrogen) atoms. The Bertz CT molecular complexity index is 743. The minimum Gasteiger partial charge on any atom is -0.298 e. The van der Waals surface area contributed by atoms with Gasteiger partial charge >= 0.3 is 0 Å². The van der Waals surface area contributed by atoms with Crippen molar-refractivity contribution in [3.05, 3.63) is 53.6 Å². The Hall–Kier alpha value is -1.72. The number of aryl methyl sites for hydroxylation is 1. The maximum absolute atomic E-state index is 14.0. The molecule has 5 heteroatoms. The molecule has 2 fully saturated rings. The van der Waals surface area contributed by atoms with Gasteiger partial charge in [0.05, 0.1) is 6.20 Å². The summed E-state index contributed by atoms with van der Waals surface area (Å²) in [6.45, 7) is 9.25. The van der Waals surface area contributed by atoms with Crippen LogP contribution in [0, 0.1) is 11.2 Å². The molecular weight excluding hydrogens is 327 g/mol. The molecule has 4 rings (SSSR count). The zero-order chi connectivity index (χ0) is 18.0. The standard InChI is InChI=1S/C21H29FN4/c1-2-26-14-18(12-23-26)13-25-11-9-21(17-25)8-5-10-24(16-21)15-19-6-3-4-7-20(19)22/h3-4,6-7,12,14H,2,5,8-11,13,15-17H2,1H3. The van der Waals surface area contributed by atoms with Crippen molar-refractivity contribution in [1.29, 1.82) is 0 Å². The van der Waals surface area contributed by atoms with Crippen LogP contribution in [0.15, 0.2) is 36.7 Å². The second-order valence-electron chi connectivity index (χ2n) is 8.07. The quantitative estimate of drug-likeness (QED) is 0.819. The Balaban J connectivity index is 1.37. The second-order valence-corrected chi connectivity index (χ2v) is 8.07. The van der Waals surface area contributed by atoms with Crippen LogP contribution in [-0.2, 0) is 19.6 Å². The van der Waals surface area contributed by atoms with Crippen molar-refractivity contribution in [2.45, 2.75) is 45.8 Å². The van der Waals surface area contributed by atoms with E-state index in [1.807, 2.05) is 23.0 Å². The van der Waals surface area contributed by atoms with Crippen molar-refractivity contribution >= 4 is 0 Å². The molecule has 140 valence electrons. The zero-order valence-corrected chi connectivity index (χ0v) is 15.7. The van der Waals surface area contributed by atoms with Crippen molar-refractivity contribution in [3.8, 4) is 0 Å². The van der Waals surface area contributed by atoms with Crippen LogP contribution in [0.4, 0.5) is 4.39 Å². The number of halogens is 1. The number of hydrogen-bond acceptors (Lipinski definition) is 3. The van der Waals surface area contributed by atoms with Crippen molar-refractivity contribution < 1.29 is 4.39 Å². The van der Waals surface area contributed by atoms with Crippen LogP contribution in [0.5, 0.6) is 0 Å². The van der Waals surface area contributed by atoms with Crippen LogP contribution in [0.3, 0.4) is 0 Å². The summed E-state index contributed by atoms with van der Waals surface area (Å²) in [6.07, 6.45) is 7.93. The van der Waals surface area contributed by atoms with E-state index in [0.717, 1.165) is 51.4 Å². The Morgan fingerprint density at radius 2 is 1.88 bits per heavy atom. The van der Waals surface area contributed by atoms with Crippen LogP contribution in [0.1, 0.15) is 37.3 Å². The highest BCUT2D eigenvalue weighted by Gasteiger charge is 2.41. The van der Waals surface area contributed by atoms with E-state index in [2.05, 4.69) is 28.0 Å². The van der Waals surface area contributed by atoms with Gasteiger partial charge in [-0.05, 0) is 50.8 Å². The second kappa shape index (κ2) is 7.49. The van der Waals surface area contributed by atoms with Gasteiger partial charge in [-0.2, -0.15) is 5.10 Å². The molecule has 1 atom stereocenters. The lowest BCUT2D eigenvalue weighted by Gasteiger charge is -2.40. The van der Waals surface area contributed by atoms with Gasteiger partial charge in [-0.25, -0.2) is 4.39 Å². The number of piperidine rings is 1.